The van der Waals surface area contributed by atoms with Crippen LogP contribution in [-0.2, 0) is 4.79 Å². The van der Waals surface area contributed by atoms with Crippen molar-refractivity contribution in [2.45, 2.75) is 0 Å². The van der Waals surface area contributed by atoms with Crippen LogP contribution < -0.4 is 24.3 Å². The summed E-state index contributed by atoms with van der Waals surface area (Å²) in [5, 5.41) is 2.77. The molecule has 0 saturated carbocycles. The molecule has 1 aliphatic rings. The van der Waals surface area contributed by atoms with E-state index < -0.39 is 0 Å². The van der Waals surface area contributed by atoms with Crippen molar-refractivity contribution in [2.75, 3.05) is 26.3 Å². The Balaban J connectivity index is 1.72. The molecule has 0 atom stereocenters. The number of carbonyl (C=O) groups excluding carboxylic acids is 1. The number of hydrogen-bond donors (Lipinski definition) is 1. The van der Waals surface area contributed by atoms with Crippen LogP contribution in [0.5, 0.6) is 23.0 Å². The molecule has 1 heterocycles. The van der Waals surface area contributed by atoms with Crippen molar-refractivity contribution in [1.29, 1.82) is 0 Å². The normalized spacial score (nSPS) is 12.2. The number of ether oxygens (including phenoxy) is 4. The molecule has 3 rings (SSSR count). The van der Waals surface area contributed by atoms with Gasteiger partial charge in [-0.2, -0.15) is 0 Å². The highest BCUT2D eigenvalue weighted by Gasteiger charge is 2.13. The summed E-state index contributed by atoms with van der Waals surface area (Å²) in [5.74, 6) is 2.21. The van der Waals surface area contributed by atoms with Crippen molar-refractivity contribution in [3.05, 3.63) is 48.0 Å². The van der Waals surface area contributed by atoms with Crippen LogP contribution in [0.4, 0.5) is 5.69 Å². The third kappa shape index (κ3) is 3.27. The zero-order valence-electron chi connectivity index (χ0n) is 13.4. The highest BCUT2D eigenvalue weighted by molar-refractivity contribution is 6.02. The van der Waals surface area contributed by atoms with E-state index in [0.29, 0.717) is 28.7 Å². The number of rotatable bonds is 5. The fraction of sp³-hybridized carbons (Fsp3) is 0.167. The molecule has 1 aliphatic heterocycles. The highest BCUT2D eigenvalue weighted by Crippen LogP contribution is 2.34. The Morgan fingerprint density at radius 3 is 2.75 bits per heavy atom. The van der Waals surface area contributed by atoms with Crippen molar-refractivity contribution in [3.8, 4) is 23.0 Å². The van der Waals surface area contributed by atoms with E-state index in [4.69, 9.17) is 18.9 Å². The summed E-state index contributed by atoms with van der Waals surface area (Å²) in [6.45, 7) is 0.197. The molecule has 1 N–H and O–H groups in total. The monoisotopic (exact) mass is 327 g/mol. The third-order valence-electron chi connectivity index (χ3n) is 3.49. The summed E-state index contributed by atoms with van der Waals surface area (Å²) in [6, 6.07) is 10.7. The maximum absolute atomic E-state index is 12.1. The quantitative estimate of drug-likeness (QED) is 0.855. The van der Waals surface area contributed by atoms with E-state index in [-0.39, 0.29) is 12.7 Å². The van der Waals surface area contributed by atoms with Crippen molar-refractivity contribution < 1.29 is 23.7 Å². The minimum absolute atomic E-state index is 0.197. The van der Waals surface area contributed by atoms with Crippen LogP contribution in [-0.4, -0.2) is 26.9 Å². The SMILES string of the molecule is COc1cccc(/C=C/C(=O)Nc2ccc3c(c2)OCO3)c1OC. The number of carbonyl (C=O) groups is 1. The van der Waals surface area contributed by atoms with Gasteiger partial charge < -0.3 is 24.3 Å². The minimum atomic E-state index is -0.265. The first kappa shape index (κ1) is 15.7. The van der Waals surface area contributed by atoms with Crippen LogP contribution in [0.2, 0.25) is 0 Å². The number of amides is 1. The van der Waals surface area contributed by atoms with Crippen molar-refractivity contribution in [2.24, 2.45) is 0 Å². The zero-order valence-corrected chi connectivity index (χ0v) is 13.4. The lowest BCUT2D eigenvalue weighted by Crippen LogP contribution is -2.07. The van der Waals surface area contributed by atoms with E-state index in [0.717, 1.165) is 5.56 Å². The molecular weight excluding hydrogens is 310 g/mol. The van der Waals surface area contributed by atoms with E-state index >= 15 is 0 Å². The molecule has 0 spiro atoms. The number of benzene rings is 2. The van der Waals surface area contributed by atoms with Gasteiger partial charge in [0.05, 0.1) is 14.2 Å². The lowest BCUT2D eigenvalue weighted by atomic mass is 10.1. The summed E-state index contributed by atoms with van der Waals surface area (Å²) in [6.07, 6.45) is 3.10. The Morgan fingerprint density at radius 1 is 1.12 bits per heavy atom. The first-order valence-corrected chi connectivity index (χ1v) is 7.31. The number of para-hydroxylation sites is 1. The molecule has 0 aliphatic carbocycles. The molecular formula is C18H17NO5. The number of methoxy groups -OCH3 is 2. The molecule has 0 bridgehead atoms. The van der Waals surface area contributed by atoms with Gasteiger partial charge in [-0.15, -0.1) is 0 Å². The number of nitrogens with one attached hydrogen (secondary N) is 1. The summed E-state index contributed by atoms with van der Waals surface area (Å²) >= 11 is 0. The molecule has 124 valence electrons. The molecule has 0 fully saturated rings. The summed E-state index contributed by atoms with van der Waals surface area (Å²) < 4.78 is 21.1. The average molecular weight is 327 g/mol. The van der Waals surface area contributed by atoms with Crippen LogP contribution in [0.3, 0.4) is 0 Å². The zero-order chi connectivity index (χ0) is 16.9. The van der Waals surface area contributed by atoms with Crippen LogP contribution >= 0.6 is 0 Å². The van der Waals surface area contributed by atoms with Gasteiger partial charge >= 0.3 is 0 Å². The lowest BCUT2D eigenvalue weighted by Gasteiger charge is -2.09. The second kappa shape index (κ2) is 6.95. The molecule has 0 radical (unpaired) electrons. The molecule has 6 nitrogen and oxygen atoms in total. The predicted octanol–water partition coefficient (Wildman–Crippen LogP) is 3.08. The Bertz CT molecular complexity index is 785. The van der Waals surface area contributed by atoms with Crippen LogP contribution in [0.25, 0.3) is 6.08 Å². The van der Waals surface area contributed by atoms with E-state index in [2.05, 4.69) is 5.32 Å². The van der Waals surface area contributed by atoms with Gasteiger partial charge in [-0.1, -0.05) is 12.1 Å². The van der Waals surface area contributed by atoms with Crippen LogP contribution in [0.15, 0.2) is 42.5 Å². The van der Waals surface area contributed by atoms with E-state index in [9.17, 15) is 4.79 Å². The molecule has 1 amide bonds. The largest absolute Gasteiger partial charge is 0.493 e. The van der Waals surface area contributed by atoms with Gasteiger partial charge in [0.1, 0.15) is 0 Å². The van der Waals surface area contributed by atoms with Gasteiger partial charge in [0.25, 0.3) is 0 Å². The second-order valence-corrected chi connectivity index (χ2v) is 4.97. The van der Waals surface area contributed by atoms with E-state index in [1.54, 1.807) is 44.6 Å². The number of fused-ring (bicyclic) bond motifs is 1. The smallest absolute Gasteiger partial charge is 0.248 e. The average Bonchev–Trinajstić information content (AvgIpc) is 3.07. The topological polar surface area (TPSA) is 66.0 Å². The van der Waals surface area contributed by atoms with Crippen molar-refractivity contribution in [3.63, 3.8) is 0 Å². The summed E-state index contributed by atoms with van der Waals surface area (Å²) in [7, 11) is 3.12. The Hall–Kier alpha value is -3.15. The highest BCUT2D eigenvalue weighted by atomic mass is 16.7. The van der Waals surface area contributed by atoms with E-state index in [1.807, 2.05) is 12.1 Å². The van der Waals surface area contributed by atoms with Crippen LogP contribution in [0.1, 0.15) is 5.56 Å². The number of anilines is 1. The lowest BCUT2D eigenvalue weighted by molar-refractivity contribution is -0.111. The maximum atomic E-state index is 12.1. The molecule has 0 aromatic heterocycles. The standard InChI is InChI=1S/C18H17NO5/c1-21-15-5-3-4-12(18(15)22-2)6-9-17(20)19-13-7-8-14-16(10-13)24-11-23-14/h3-10H,11H2,1-2H3,(H,19,20)/b9-6+. The molecule has 2 aromatic carbocycles. The van der Waals surface area contributed by atoms with Crippen LogP contribution in [0, 0.1) is 0 Å². The second-order valence-electron chi connectivity index (χ2n) is 4.97. The predicted molar refractivity (Wildman–Crippen MR) is 89.8 cm³/mol. The van der Waals surface area contributed by atoms with Gasteiger partial charge in [-0.3, -0.25) is 4.79 Å². The molecule has 2 aromatic rings. The Labute approximate surface area is 139 Å². The van der Waals surface area contributed by atoms with E-state index in [1.165, 1.54) is 6.08 Å². The van der Waals surface area contributed by atoms with Gasteiger partial charge in [0, 0.05) is 23.4 Å². The third-order valence-corrected chi connectivity index (χ3v) is 3.49. The fourth-order valence-corrected chi connectivity index (χ4v) is 2.37. The Morgan fingerprint density at radius 2 is 1.96 bits per heavy atom. The number of hydrogen-bond acceptors (Lipinski definition) is 5. The van der Waals surface area contributed by atoms with Gasteiger partial charge in [0.2, 0.25) is 12.7 Å². The first-order chi connectivity index (χ1) is 11.7. The fourth-order valence-electron chi connectivity index (χ4n) is 2.37. The maximum Gasteiger partial charge on any atom is 0.248 e. The summed E-state index contributed by atoms with van der Waals surface area (Å²) in [4.78, 5) is 12.1. The summed E-state index contributed by atoms with van der Waals surface area (Å²) in [5.41, 5.74) is 1.38. The van der Waals surface area contributed by atoms with Gasteiger partial charge in [0.15, 0.2) is 23.0 Å². The van der Waals surface area contributed by atoms with Gasteiger partial charge in [-0.25, -0.2) is 0 Å². The molecule has 0 unspecified atom stereocenters. The van der Waals surface area contributed by atoms with Gasteiger partial charge in [-0.05, 0) is 24.3 Å². The Kier molecular flexibility index (Phi) is 4.56. The minimum Gasteiger partial charge on any atom is -0.493 e. The van der Waals surface area contributed by atoms with Crippen molar-refractivity contribution >= 4 is 17.7 Å². The van der Waals surface area contributed by atoms with Crippen molar-refractivity contribution in [1.82, 2.24) is 0 Å². The first-order valence-electron chi connectivity index (χ1n) is 7.31. The molecule has 0 saturated heterocycles. The molecule has 6 heteroatoms. The molecule has 24 heavy (non-hydrogen) atoms.